The number of carbonyl (C=O) groups excluding carboxylic acids is 1. The van der Waals surface area contributed by atoms with E-state index in [4.69, 9.17) is 9.15 Å². The molecule has 0 saturated carbocycles. The fourth-order valence-electron chi connectivity index (χ4n) is 3.07. The molecule has 2 aromatic carbocycles. The van der Waals surface area contributed by atoms with Gasteiger partial charge < -0.3 is 14.5 Å². The van der Waals surface area contributed by atoms with Gasteiger partial charge in [0.2, 0.25) is 11.8 Å². The van der Waals surface area contributed by atoms with Gasteiger partial charge in [-0.1, -0.05) is 24.3 Å². The van der Waals surface area contributed by atoms with E-state index in [1.165, 1.54) is 5.56 Å². The molecule has 0 aliphatic carbocycles. The number of aromatic nitrogens is 2. The Kier molecular flexibility index (Phi) is 4.39. The standard InChI is InChI=1S/C20H19N3O3/c1-13-22-23-20(26-13)17-7-4-6-16(10-17)19(24)21-11-14-9-15-5-2-3-8-18(15)25-12-14/h2-8,10,14H,9,11-12H2,1H3,(H,21,24)/t14-/m0/s1. The van der Waals surface area contributed by atoms with E-state index in [0.29, 0.717) is 30.5 Å². The number of benzene rings is 2. The first-order chi connectivity index (χ1) is 12.7. The molecule has 0 spiro atoms. The molecule has 1 aliphatic heterocycles. The lowest BCUT2D eigenvalue weighted by molar-refractivity contribution is 0.0939. The zero-order chi connectivity index (χ0) is 17.9. The smallest absolute Gasteiger partial charge is 0.251 e. The molecular formula is C20H19N3O3. The number of hydrogen-bond donors (Lipinski definition) is 1. The maximum atomic E-state index is 12.5. The second-order valence-corrected chi connectivity index (χ2v) is 6.41. The summed E-state index contributed by atoms with van der Waals surface area (Å²) in [6.45, 7) is 2.91. The Balaban J connectivity index is 1.40. The molecule has 0 saturated heterocycles. The normalized spacial score (nSPS) is 15.8. The van der Waals surface area contributed by atoms with E-state index in [-0.39, 0.29) is 11.8 Å². The van der Waals surface area contributed by atoms with Gasteiger partial charge in [-0.2, -0.15) is 0 Å². The zero-order valence-corrected chi connectivity index (χ0v) is 14.4. The van der Waals surface area contributed by atoms with Crippen LogP contribution in [0.4, 0.5) is 0 Å². The van der Waals surface area contributed by atoms with Gasteiger partial charge in [0, 0.05) is 30.5 Å². The Morgan fingerprint density at radius 2 is 2.08 bits per heavy atom. The van der Waals surface area contributed by atoms with Crippen molar-refractivity contribution in [1.29, 1.82) is 0 Å². The molecule has 6 heteroatoms. The molecule has 132 valence electrons. The van der Waals surface area contributed by atoms with Gasteiger partial charge in [-0.15, -0.1) is 10.2 Å². The molecule has 1 N–H and O–H groups in total. The lowest BCUT2D eigenvalue weighted by Gasteiger charge is -2.25. The number of aryl methyl sites for hydroxylation is 1. The van der Waals surface area contributed by atoms with Gasteiger partial charge >= 0.3 is 0 Å². The van der Waals surface area contributed by atoms with Crippen molar-refractivity contribution < 1.29 is 13.9 Å². The summed E-state index contributed by atoms with van der Waals surface area (Å²) in [7, 11) is 0. The molecule has 1 aliphatic rings. The number of hydrogen-bond acceptors (Lipinski definition) is 5. The van der Waals surface area contributed by atoms with Crippen LogP contribution in [-0.2, 0) is 6.42 Å². The Bertz CT molecular complexity index is 935. The number of nitrogens with zero attached hydrogens (tertiary/aromatic N) is 2. The van der Waals surface area contributed by atoms with Crippen LogP contribution in [0.15, 0.2) is 52.9 Å². The topological polar surface area (TPSA) is 77.2 Å². The highest BCUT2D eigenvalue weighted by Crippen LogP contribution is 2.26. The van der Waals surface area contributed by atoms with Gasteiger partial charge in [-0.05, 0) is 36.2 Å². The number of ether oxygens (including phenoxy) is 1. The quantitative estimate of drug-likeness (QED) is 0.783. The van der Waals surface area contributed by atoms with Crippen molar-refractivity contribution >= 4 is 5.91 Å². The third-order valence-electron chi connectivity index (χ3n) is 4.40. The summed E-state index contributed by atoms with van der Waals surface area (Å²) in [6.07, 6.45) is 0.901. The third kappa shape index (κ3) is 3.44. The summed E-state index contributed by atoms with van der Waals surface area (Å²) in [5.41, 5.74) is 2.48. The first kappa shape index (κ1) is 16.3. The predicted molar refractivity (Wildman–Crippen MR) is 95.9 cm³/mol. The van der Waals surface area contributed by atoms with E-state index in [9.17, 15) is 4.79 Å². The van der Waals surface area contributed by atoms with Crippen molar-refractivity contribution in [2.24, 2.45) is 5.92 Å². The zero-order valence-electron chi connectivity index (χ0n) is 14.4. The van der Waals surface area contributed by atoms with Crippen molar-refractivity contribution in [2.45, 2.75) is 13.3 Å². The molecule has 1 amide bonds. The Labute approximate surface area is 151 Å². The number of fused-ring (bicyclic) bond motifs is 1. The van der Waals surface area contributed by atoms with Gasteiger partial charge in [0.25, 0.3) is 5.91 Å². The molecule has 1 atom stereocenters. The van der Waals surface area contributed by atoms with Gasteiger partial charge in [0.05, 0.1) is 6.61 Å². The molecule has 3 aromatic rings. The van der Waals surface area contributed by atoms with E-state index < -0.39 is 0 Å². The summed E-state index contributed by atoms with van der Waals surface area (Å²) in [6, 6.07) is 15.2. The lowest BCUT2D eigenvalue weighted by Crippen LogP contribution is -2.34. The number of carbonyl (C=O) groups is 1. The van der Waals surface area contributed by atoms with Crippen LogP contribution in [0.25, 0.3) is 11.5 Å². The molecule has 0 bridgehead atoms. The summed E-state index contributed by atoms with van der Waals surface area (Å²) in [5.74, 6) is 1.98. The van der Waals surface area contributed by atoms with Crippen LogP contribution in [0.1, 0.15) is 21.8 Å². The number of para-hydroxylation sites is 1. The maximum absolute atomic E-state index is 12.5. The third-order valence-corrected chi connectivity index (χ3v) is 4.40. The predicted octanol–water partition coefficient (Wildman–Crippen LogP) is 3.03. The Hall–Kier alpha value is -3.15. The highest BCUT2D eigenvalue weighted by atomic mass is 16.5. The largest absolute Gasteiger partial charge is 0.493 e. The molecule has 26 heavy (non-hydrogen) atoms. The monoisotopic (exact) mass is 349 g/mol. The number of rotatable bonds is 4. The van der Waals surface area contributed by atoms with E-state index in [1.807, 2.05) is 30.3 Å². The van der Waals surface area contributed by atoms with Crippen LogP contribution < -0.4 is 10.1 Å². The highest BCUT2D eigenvalue weighted by molar-refractivity contribution is 5.95. The molecule has 0 fully saturated rings. The minimum Gasteiger partial charge on any atom is -0.493 e. The Morgan fingerprint density at radius 3 is 2.92 bits per heavy atom. The van der Waals surface area contributed by atoms with Crippen LogP contribution in [0.2, 0.25) is 0 Å². The lowest BCUT2D eigenvalue weighted by atomic mass is 9.96. The minimum atomic E-state index is -0.123. The molecule has 6 nitrogen and oxygen atoms in total. The van der Waals surface area contributed by atoms with Gasteiger partial charge in [0.1, 0.15) is 5.75 Å². The second kappa shape index (κ2) is 7.00. The summed E-state index contributed by atoms with van der Waals surface area (Å²) < 4.78 is 11.2. The summed E-state index contributed by atoms with van der Waals surface area (Å²) in [4.78, 5) is 12.5. The number of nitrogens with one attached hydrogen (secondary N) is 1. The maximum Gasteiger partial charge on any atom is 0.251 e. The first-order valence-electron chi connectivity index (χ1n) is 8.58. The van der Waals surface area contributed by atoms with E-state index in [0.717, 1.165) is 17.7 Å². The van der Waals surface area contributed by atoms with Crippen molar-refractivity contribution in [1.82, 2.24) is 15.5 Å². The minimum absolute atomic E-state index is 0.123. The second-order valence-electron chi connectivity index (χ2n) is 6.41. The molecular weight excluding hydrogens is 330 g/mol. The fourth-order valence-corrected chi connectivity index (χ4v) is 3.07. The van der Waals surface area contributed by atoms with E-state index in [1.54, 1.807) is 19.1 Å². The average molecular weight is 349 g/mol. The van der Waals surface area contributed by atoms with Gasteiger partial charge in [-0.25, -0.2) is 0 Å². The Morgan fingerprint density at radius 1 is 1.19 bits per heavy atom. The molecule has 2 heterocycles. The van der Waals surface area contributed by atoms with Gasteiger partial charge in [0.15, 0.2) is 0 Å². The SMILES string of the molecule is Cc1nnc(-c2cccc(C(=O)NC[C@H]3COc4ccccc4C3)c2)o1. The first-order valence-corrected chi connectivity index (χ1v) is 8.58. The van der Waals surface area contributed by atoms with E-state index >= 15 is 0 Å². The van der Waals surface area contributed by atoms with Gasteiger partial charge in [-0.3, -0.25) is 4.79 Å². The van der Waals surface area contributed by atoms with Crippen LogP contribution >= 0.6 is 0 Å². The van der Waals surface area contributed by atoms with Crippen molar-refractivity contribution in [3.05, 3.63) is 65.5 Å². The average Bonchev–Trinajstić information content (AvgIpc) is 3.12. The van der Waals surface area contributed by atoms with E-state index in [2.05, 4.69) is 21.6 Å². The van der Waals surface area contributed by atoms with Crippen molar-refractivity contribution in [2.75, 3.05) is 13.2 Å². The molecule has 4 rings (SSSR count). The van der Waals surface area contributed by atoms with Crippen molar-refractivity contribution in [3.63, 3.8) is 0 Å². The van der Waals surface area contributed by atoms with Crippen molar-refractivity contribution in [3.8, 4) is 17.2 Å². The number of amides is 1. The van der Waals surface area contributed by atoms with Crippen LogP contribution in [0, 0.1) is 12.8 Å². The van der Waals surface area contributed by atoms with Crippen LogP contribution in [-0.4, -0.2) is 29.3 Å². The highest BCUT2D eigenvalue weighted by Gasteiger charge is 2.20. The summed E-state index contributed by atoms with van der Waals surface area (Å²) >= 11 is 0. The van der Waals surface area contributed by atoms with Crippen LogP contribution in [0.3, 0.4) is 0 Å². The molecule has 0 unspecified atom stereocenters. The molecule has 0 radical (unpaired) electrons. The summed E-state index contributed by atoms with van der Waals surface area (Å²) in [5, 5.41) is 10.8. The molecule has 1 aromatic heterocycles. The van der Waals surface area contributed by atoms with Crippen LogP contribution in [0.5, 0.6) is 5.75 Å². The fraction of sp³-hybridized carbons (Fsp3) is 0.250.